The van der Waals surface area contributed by atoms with Gasteiger partial charge in [0, 0.05) is 17.4 Å². The number of hydrogen-bond acceptors (Lipinski definition) is 7. The lowest BCUT2D eigenvalue weighted by molar-refractivity contribution is -0.116. The smallest absolute Gasteiger partial charge is 0.246 e. The molecule has 1 aromatic heterocycles. The van der Waals surface area contributed by atoms with Gasteiger partial charge < -0.3 is 20.1 Å². The summed E-state index contributed by atoms with van der Waals surface area (Å²) in [4.78, 5) is 12.5. The zero-order valence-corrected chi connectivity index (χ0v) is 14.6. The van der Waals surface area contributed by atoms with E-state index >= 15 is 0 Å². The zero-order chi connectivity index (χ0) is 18.6. The first-order valence-corrected chi connectivity index (χ1v) is 8.49. The number of carbonyl (C=O) groups excluding carboxylic acids is 1. The topological polar surface area (TPSA) is 103 Å². The highest BCUT2D eigenvalue weighted by molar-refractivity contribution is 5.96. The summed E-state index contributed by atoms with van der Waals surface area (Å²) >= 11 is 0. The zero-order valence-electron chi connectivity index (χ0n) is 14.6. The van der Waals surface area contributed by atoms with E-state index in [1.54, 1.807) is 29.8 Å². The fourth-order valence-electron chi connectivity index (χ4n) is 2.68. The molecule has 4 rings (SSSR count). The van der Waals surface area contributed by atoms with Crippen molar-refractivity contribution in [2.24, 2.45) is 0 Å². The van der Waals surface area contributed by atoms with Crippen LogP contribution in [-0.4, -0.2) is 45.4 Å². The predicted octanol–water partition coefficient (Wildman–Crippen LogP) is 1.87. The summed E-state index contributed by atoms with van der Waals surface area (Å²) in [6, 6.07) is 12.4. The highest BCUT2D eigenvalue weighted by atomic mass is 16.6. The van der Waals surface area contributed by atoms with Gasteiger partial charge in [0.15, 0.2) is 11.5 Å². The lowest BCUT2D eigenvalue weighted by Gasteiger charge is -2.20. The van der Waals surface area contributed by atoms with Crippen LogP contribution in [0.4, 0.5) is 11.4 Å². The lowest BCUT2D eigenvalue weighted by Crippen LogP contribution is -2.31. The molecular weight excluding hydrogens is 348 g/mol. The molecule has 0 aliphatic carbocycles. The molecular formula is C18H18N6O3. The first kappa shape index (κ1) is 16.8. The summed E-state index contributed by atoms with van der Waals surface area (Å²) in [5.41, 5.74) is 2.31. The first-order valence-electron chi connectivity index (χ1n) is 8.49. The summed E-state index contributed by atoms with van der Waals surface area (Å²) in [6.45, 7) is 2.83. The first-order chi connectivity index (χ1) is 13.2. The largest absolute Gasteiger partial charge is 0.486 e. The molecule has 0 fully saturated rings. The van der Waals surface area contributed by atoms with Crippen LogP contribution in [-0.2, 0) is 4.79 Å². The van der Waals surface area contributed by atoms with Crippen LogP contribution in [0.15, 0.2) is 48.8 Å². The van der Waals surface area contributed by atoms with E-state index in [2.05, 4.69) is 26.2 Å². The molecule has 1 aliphatic rings. The molecule has 0 unspecified atom stereocenters. The number of hydrogen-bond donors (Lipinski definition) is 2. The highest BCUT2D eigenvalue weighted by Crippen LogP contribution is 2.32. The molecule has 2 heterocycles. The van der Waals surface area contributed by atoms with E-state index in [9.17, 15) is 4.79 Å². The Bertz CT molecular complexity index is 927. The van der Waals surface area contributed by atoms with Gasteiger partial charge in [0.2, 0.25) is 5.91 Å². The normalized spacial score (nSPS) is 13.7. The van der Waals surface area contributed by atoms with Crippen molar-refractivity contribution in [2.75, 3.05) is 23.8 Å². The molecule has 0 radical (unpaired) electrons. The number of nitrogens with zero attached hydrogens (tertiary/aromatic N) is 4. The van der Waals surface area contributed by atoms with Gasteiger partial charge in [0.05, 0.1) is 5.69 Å². The molecule has 1 atom stereocenters. The van der Waals surface area contributed by atoms with E-state index in [0.717, 1.165) is 11.4 Å². The van der Waals surface area contributed by atoms with Crippen LogP contribution in [0.3, 0.4) is 0 Å². The molecule has 0 saturated heterocycles. The summed E-state index contributed by atoms with van der Waals surface area (Å²) in [5, 5.41) is 17.1. The number of aromatic nitrogens is 4. The number of fused-ring (bicyclic) bond motifs is 1. The second kappa shape index (κ2) is 7.32. The molecule has 0 bridgehead atoms. The van der Waals surface area contributed by atoms with Gasteiger partial charge in [-0.05, 0) is 53.7 Å². The van der Waals surface area contributed by atoms with Crippen molar-refractivity contribution in [1.29, 1.82) is 0 Å². The Kier molecular flexibility index (Phi) is 4.56. The quantitative estimate of drug-likeness (QED) is 0.710. The Morgan fingerprint density at radius 2 is 1.81 bits per heavy atom. The summed E-state index contributed by atoms with van der Waals surface area (Å²) in [5.74, 6) is 1.17. The molecule has 2 N–H and O–H groups in total. The standard InChI is InChI=1S/C18H18N6O3/c1-12(20-13-2-5-15(6-3-13)24-11-19-22-23-24)18(25)21-14-4-7-16-17(10-14)27-9-8-26-16/h2-7,10-12,20H,8-9H2,1H3,(H,21,25)/t12-/m1/s1. The Labute approximate surface area is 155 Å². The fraction of sp³-hybridized carbons (Fsp3) is 0.222. The molecule has 1 aliphatic heterocycles. The Balaban J connectivity index is 1.38. The molecule has 138 valence electrons. The van der Waals surface area contributed by atoms with Crippen molar-refractivity contribution < 1.29 is 14.3 Å². The second-order valence-electron chi connectivity index (χ2n) is 6.01. The molecule has 3 aromatic rings. The van der Waals surface area contributed by atoms with Crippen molar-refractivity contribution in [3.8, 4) is 17.2 Å². The number of nitrogens with one attached hydrogen (secondary N) is 2. The van der Waals surface area contributed by atoms with Crippen molar-refractivity contribution in [3.05, 3.63) is 48.8 Å². The maximum atomic E-state index is 12.5. The van der Waals surface area contributed by atoms with E-state index < -0.39 is 6.04 Å². The Morgan fingerprint density at radius 1 is 1.07 bits per heavy atom. The van der Waals surface area contributed by atoms with Crippen LogP contribution in [0, 0.1) is 0 Å². The SMILES string of the molecule is C[C@@H](Nc1ccc(-n2cnnn2)cc1)C(=O)Nc1ccc2c(c1)OCCO2. The van der Waals surface area contributed by atoms with Gasteiger partial charge in [-0.1, -0.05) is 0 Å². The van der Waals surface area contributed by atoms with E-state index in [4.69, 9.17) is 9.47 Å². The van der Waals surface area contributed by atoms with Crippen LogP contribution in [0.25, 0.3) is 5.69 Å². The predicted molar refractivity (Wildman–Crippen MR) is 98.3 cm³/mol. The number of amides is 1. The van der Waals surface area contributed by atoms with Gasteiger partial charge >= 0.3 is 0 Å². The summed E-state index contributed by atoms with van der Waals surface area (Å²) < 4.78 is 12.6. The molecule has 0 spiro atoms. The Morgan fingerprint density at radius 3 is 2.56 bits per heavy atom. The van der Waals surface area contributed by atoms with Crippen LogP contribution >= 0.6 is 0 Å². The lowest BCUT2D eigenvalue weighted by atomic mass is 10.2. The summed E-state index contributed by atoms with van der Waals surface area (Å²) in [7, 11) is 0. The average molecular weight is 366 g/mol. The fourth-order valence-corrected chi connectivity index (χ4v) is 2.68. The third-order valence-corrected chi connectivity index (χ3v) is 4.07. The van der Waals surface area contributed by atoms with E-state index in [0.29, 0.717) is 30.4 Å². The maximum Gasteiger partial charge on any atom is 0.246 e. The van der Waals surface area contributed by atoms with E-state index in [1.165, 1.54) is 6.33 Å². The monoisotopic (exact) mass is 366 g/mol. The minimum atomic E-state index is -0.433. The third kappa shape index (κ3) is 3.81. The molecule has 0 saturated carbocycles. The van der Waals surface area contributed by atoms with Gasteiger partial charge in [0.25, 0.3) is 0 Å². The van der Waals surface area contributed by atoms with Crippen LogP contribution in [0.2, 0.25) is 0 Å². The van der Waals surface area contributed by atoms with Crippen LogP contribution in [0.1, 0.15) is 6.92 Å². The van der Waals surface area contributed by atoms with Crippen LogP contribution < -0.4 is 20.1 Å². The number of ether oxygens (including phenoxy) is 2. The number of benzene rings is 2. The summed E-state index contributed by atoms with van der Waals surface area (Å²) in [6.07, 6.45) is 1.52. The van der Waals surface area contributed by atoms with Gasteiger partial charge in [-0.15, -0.1) is 5.10 Å². The van der Waals surface area contributed by atoms with Crippen molar-refractivity contribution in [3.63, 3.8) is 0 Å². The third-order valence-electron chi connectivity index (χ3n) is 4.07. The molecule has 9 heteroatoms. The molecule has 27 heavy (non-hydrogen) atoms. The van der Waals surface area contributed by atoms with Crippen molar-refractivity contribution in [1.82, 2.24) is 20.2 Å². The number of tetrazole rings is 1. The van der Waals surface area contributed by atoms with Gasteiger partial charge in [-0.3, -0.25) is 4.79 Å². The van der Waals surface area contributed by atoms with E-state index in [-0.39, 0.29) is 5.91 Å². The number of anilines is 2. The van der Waals surface area contributed by atoms with Crippen molar-refractivity contribution in [2.45, 2.75) is 13.0 Å². The number of carbonyl (C=O) groups is 1. The van der Waals surface area contributed by atoms with Crippen molar-refractivity contribution >= 4 is 17.3 Å². The van der Waals surface area contributed by atoms with Gasteiger partial charge in [-0.2, -0.15) is 0 Å². The van der Waals surface area contributed by atoms with Gasteiger partial charge in [-0.25, -0.2) is 4.68 Å². The Hall–Kier alpha value is -3.62. The molecule has 9 nitrogen and oxygen atoms in total. The number of rotatable bonds is 5. The highest BCUT2D eigenvalue weighted by Gasteiger charge is 2.16. The van der Waals surface area contributed by atoms with E-state index in [1.807, 2.05) is 24.3 Å². The minimum absolute atomic E-state index is 0.156. The molecule has 1 amide bonds. The second-order valence-corrected chi connectivity index (χ2v) is 6.01. The molecule has 2 aromatic carbocycles. The maximum absolute atomic E-state index is 12.5. The minimum Gasteiger partial charge on any atom is -0.486 e. The van der Waals surface area contributed by atoms with Crippen LogP contribution in [0.5, 0.6) is 11.5 Å². The average Bonchev–Trinajstić information content (AvgIpc) is 3.23. The van der Waals surface area contributed by atoms with Gasteiger partial charge in [0.1, 0.15) is 25.6 Å².